The summed E-state index contributed by atoms with van der Waals surface area (Å²) in [6.45, 7) is 0. The van der Waals surface area contributed by atoms with Gasteiger partial charge in [0.1, 0.15) is 5.75 Å². The third kappa shape index (κ3) is 2.07. The summed E-state index contributed by atoms with van der Waals surface area (Å²) in [7, 11) is 1.60. The fraction of sp³-hybridized carbons (Fsp3) is 0.0714. The third-order valence-electron chi connectivity index (χ3n) is 3.02. The van der Waals surface area contributed by atoms with E-state index in [-0.39, 0.29) is 5.69 Å². The smallest absolute Gasteiger partial charge is 0.271 e. The predicted octanol–water partition coefficient (Wildman–Crippen LogP) is 2.94. The van der Waals surface area contributed by atoms with Gasteiger partial charge in [0.2, 0.25) is 0 Å². The van der Waals surface area contributed by atoms with E-state index >= 15 is 0 Å². The molecular formula is C14H11N3O3. The number of rotatable bonds is 3. The van der Waals surface area contributed by atoms with Gasteiger partial charge in [-0.2, -0.15) is 5.10 Å². The number of hydrogen-bond acceptors (Lipinski definition) is 4. The van der Waals surface area contributed by atoms with Crippen LogP contribution < -0.4 is 4.74 Å². The number of nitrogens with zero attached hydrogens (tertiary/aromatic N) is 3. The maximum atomic E-state index is 10.8. The maximum absolute atomic E-state index is 10.8. The Labute approximate surface area is 114 Å². The van der Waals surface area contributed by atoms with Crippen LogP contribution in [0.5, 0.6) is 5.75 Å². The van der Waals surface area contributed by atoms with Crippen LogP contribution in [0, 0.1) is 10.1 Å². The van der Waals surface area contributed by atoms with Gasteiger partial charge in [-0.25, -0.2) is 4.68 Å². The molecule has 3 aromatic rings. The van der Waals surface area contributed by atoms with E-state index in [1.54, 1.807) is 23.9 Å². The molecule has 6 heteroatoms. The number of nitro groups is 1. The molecule has 0 aliphatic carbocycles. The van der Waals surface area contributed by atoms with Gasteiger partial charge in [-0.15, -0.1) is 0 Å². The highest BCUT2D eigenvalue weighted by Crippen LogP contribution is 2.22. The Bertz CT molecular complexity index is 795. The zero-order valence-corrected chi connectivity index (χ0v) is 10.7. The molecule has 1 aromatic heterocycles. The van der Waals surface area contributed by atoms with Crippen LogP contribution in [0.15, 0.2) is 48.7 Å². The molecule has 20 heavy (non-hydrogen) atoms. The normalized spacial score (nSPS) is 10.7. The Balaban J connectivity index is 2.10. The van der Waals surface area contributed by atoms with Crippen LogP contribution in [0.25, 0.3) is 16.6 Å². The quantitative estimate of drug-likeness (QED) is 0.541. The molecule has 0 bridgehead atoms. The lowest BCUT2D eigenvalue weighted by molar-refractivity contribution is -0.384. The second-order valence-corrected chi connectivity index (χ2v) is 4.28. The minimum atomic E-state index is -0.421. The van der Waals surface area contributed by atoms with Gasteiger partial charge in [0, 0.05) is 23.7 Å². The minimum absolute atomic E-state index is 0.0413. The summed E-state index contributed by atoms with van der Waals surface area (Å²) in [6, 6.07) is 11.9. The first-order valence-corrected chi connectivity index (χ1v) is 5.95. The Morgan fingerprint density at radius 3 is 2.85 bits per heavy atom. The van der Waals surface area contributed by atoms with Crippen molar-refractivity contribution in [1.82, 2.24) is 9.78 Å². The van der Waals surface area contributed by atoms with Crippen molar-refractivity contribution >= 4 is 16.6 Å². The summed E-state index contributed by atoms with van der Waals surface area (Å²) >= 11 is 0. The van der Waals surface area contributed by atoms with Gasteiger partial charge in [-0.1, -0.05) is 6.07 Å². The van der Waals surface area contributed by atoms with E-state index in [1.165, 1.54) is 12.1 Å². The summed E-state index contributed by atoms with van der Waals surface area (Å²) in [5, 5.41) is 16.1. The number of benzene rings is 2. The van der Waals surface area contributed by atoms with Crippen LogP contribution in [0.1, 0.15) is 0 Å². The summed E-state index contributed by atoms with van der Waals surface area (Å²) in [5.74, 6) is 0.746. The number of fused-ring (bicyclic) bond motifs is 1. The van der Waals surface area contributed by atoms with Crippen molar-refractivity contribution in [2.75, 3.05) is 7.11 Å². The summed E-state index contributed by atoms with van der Waals surface area (Å²) in [5.41, 5.74) is 1.49. The molecule has 0 saturated carbocycles. The molecule has 3 rings (SSSR count). The van der Waals surface area contributed by atoms with Crippen LogP contribution in [-0.4, -0.2) is 21.8 Å². The minimum Gasteiger partial charge on any atom is -0.497 e. The number of non-ortho nitro benzene ring substituents is 1. The molecule has 0 radical (unpaired) electrons. The number of methoxy groups -OCH3 is 1. The first kappa shape index (κ1) is 12.2. The number of nitro benzene ring substituents is 1. The highest BCUT2D eigenvalue weighted by atomic mass is 16.6. The van der Waals surface area contributed by atoms with Crippen LogP contribution in [0.2, 0.25) is 0 Å². The Hall–Kier alpha value is -2.89. The maximum Gasteiger partial charge on any atom is 0.271 e. The molecule has 0 atom stereocenters. The highest BCUT2D eigenvalue weighted by molar-refractivity contribution is 5.80. The van der Waals surface area contributed by atoms with Crippen molar-refractivity contribution in [2.45, 2.75) is 0 Å². The fourth-order valence-electron chi connectivity index (χ4n) is 2.01. The Morgan fingerprint density at radius 1 is 1.25 bits per heavy atom. The largest absolute Gasteiger partial charge is 0.497 e. The lowest BCUT2D eigenvalue weighted by Crippen LogP contribution is -1.95. The van der Waals surface area contributed by atoms with E-state index in [2.05, 4.69) is 5.10 Å². The standard InChI is InChI=1S/C14H11N3O3/c1-20-13-5-6-14-10(7-13)9-16(15-14)11-3-2-4-12(8-11)17(18)19/h2-9H,1H3. The SMILES string of the molecule is COc1ccc2nn(-c3cccc([N+](=O)[O-])c3)cc2c1. The van der Waals surface area contributed by atoms with Crippen LogP contribution >= 0.6 is 0 Å². The van der Waals surface area contributed by atoms with Crippen LogP contribution in [0.3, 0.4) is 0 Å². The van der Waals surface area contributed by atoms with Crippen molar-refractivity contribution in [3.8, 4) is 11.4 Å². The van der Waals surface area contributed by atoms with E-state index in [0.717, 1.165) is 16.7 Å². The van der Waals surface area contributed by atoms with Crippen molar-refractivity contribution in [1.29, 1.82) is 0 Å². The van der Waals surface area contributed by atoms with Crippen molar-refractivity contribution in [3.63, 3.8) is 0 Å². The zero-order chi connectivity index (χ0) is 14.1. The molecule has 0 spiro atoms. The molecule has 6 nitrogen and oxygen atoms in total. The zero-order valence-electron chi connectivity index (χ0n) is 10.7. The van der Waals surface area contributed by atoms with Crippen LogP contribution in [-0.2, 0) is 0 Å². The molecular weight excluding hydrogens is 258 g/mol. The monoisotopic (exact) mass is 269 g/mol. The highest BCUT2D eigenvalue weighted by Gasteiger charge is 2.09. The topological polar surface area (TPSA) is 70.2 Å². The summed E-state index contributed by atoms with van der Waals surface area (Å²) < 4.78 is 6.78. The third-order valence-corrected chi connectivity index (χ3v) is 3.02. The van der Waals surface area contributed by atoms with Crippen molar-refractivity contribution in [2.24, 2.45) is 0 Å². The molecule has 0 unspecified atom stereocenters. The van der Waals surface area contributed by atoms with Crippen molar-refractivity contribution in [3.05, 3.63) is 58.8 Å². The van der Waals surface area contributed by atoms with E-state index in [4.69, 9.17) is 4.74 Å². The van der Waals surface area contributed by atoms with Gasteiger partial charge in [-0.05, 0) is 24.3 Å². The molecule has 0 aliphatic heterocycles. The van der Waals surface area contributed by atoms with Gasteiger partial charge in [0.15, 0.2) is 0 Å². The molecule has 0 amide bonds. The fourth-order valence-corrected chi connectivity index (χ4v) is 2.01. The molecule has 2 aromatic carbocycles. The second kappa shape index (κ2) is 4.65. The summed E-state index contributed by atoms with van der Waals surface area (Å²) in [4.78, 5) is 10.4. The number of aromatic nitrogens is 2. The molecule has 0 N–H and O–H groups in total. The van der Waals surface area contributed by atoms with E-state index in [9.17, 15) is 10.1 Å². The molecule has 0 fully saturated rings. The van der Waals surface area contributed by atoms with E-state index < -0.39 is 4.92 Å². The van der Waals surface area contributed by atoms with E-state index in [0.29, 0.717) is 5.69 Å². The summed E-state index contributed by atoms with van der Waals surface area (Å²) in [6.07, 6.45) is 1.82. The molecule has 100 valence electrons. The number of ether oxygens (including phenoxy) is 1. The Kier molecular flexibility index (Phi) is 2.83. The van der Waals surface area contributed by atoms with Gasteiger partial charge in [0.05, 0.1) is 23.2 Å². The second-order valence-electron chi connectivity index (χ2n) is 4.28. The molecule has 0 aliphatic rings. The Morgan fingerprint density at radius 2 is 2.10 bits per heavy atom. The first-order chi connectivity index (χ1) is 9.67. The predicted molar refractivity (Wildman–Crippen MR) is 74.3 cm³/mol. The lowest BCUT2D eigenvalue weighted by atomic mass is 10.2. The van der Waals surface area contributed by atoms with Gasteiger partial charge in [-0.3, -0.25) is 10.1 Å². The van der Waals surface area contributed by atoms with Gasteiger partial charge >= 0.3 is 0 Å². The lowest BCUT2D eigenvalue weighted by Gasteiger charge is -1.99. The molecule has 0 saturated heterocycles. The van der Waals surface area contributed by atoms with Crippen molar-refractivity contribution < 1.29 is 9.66 Å². The number of hydrogen-bond donors (Lipinski definition) is 0. The molecule has 1 heterocycles. The van der Waals surface area contributed by atoms with Gasteiger partial charge < -0.3 is 4.74 Å². The average Bonchev–Trinajstić information content (AvgIpc) is 2.90. The van der Waals surface area contributed by atoms with Gasteiger partial charge in [0.25, 0.3) is 5.69 Å². The van der Waals surface area contributed by atoms with E-state index in [1.807, 2.05) is 24.4 Å². The average molecular weight is 269 g/mol. The first-order valence-electron chi connectivity index (χ1n) is 5.95. The van der Waals surface area contributed by atoms with Crippen LogP contribution in [0.4, 0.5) is 5.69 Å².